The third-order valence-corrected chi connectivity index (χ3v) is 4.53. The van der Waals surface area contributed by atoms with Gasteiger partial charge in [0.1, 0.15) is 4.88 Å². The van der Waals surface area contributed by atoms with Crippen LogP contribution in [0, 0.1) is 11.8 Å². The highest BCUT2D eigenvalue weighted by atomic mass is 32.2. The first-order valence-electron chi connectivity index (χ1n) is 5.43. The molecule has 3 N–H and O–H groups in total. The van der Waals surface area contributed by atoms with Crippen LogP contribution < -0.4 is 11.1 Å². The molecule has 1 aromatic heterocycles. The number of rotatable bonds is 4. The van der Waals surface area contributed by atoms with E-state index in [4.69, 9.17) is 5.73 Å². The Kier molecular flexibility index (Phi) is 6.05. The Labute approximate surface area is 113 Å². The molecule has 0 bridgehead atoms. The SMILES string of the molecule is CC(CNC(=O)c1sccc1C#CCN)S(C)=O. The van der Waals surface area contributed by atoms with Crippen LogP contribution in [0.15, 0.2) is 11.4 Å². The summed E-state index contributed by atoms with van der Waals surface area (Å²) in [6.07, 6.45) is 1.63. The zero-order chi connectivity index (χ0) is 13.5. The molecule has 0 fully saturated rings. The lowest BCUT2D eigenvalue weighted by atomic mass is 10.2. The van der Waals surface area contributed by atoms with E-state index in [1.807, 2.05) is 12.3 Å². The number of thiophene rings is 1. The lowest BCUT2D eigenvalue weighted by molar-refractivity contribution is 0.0958. The van der Waals surface area contributed by atoms with E-state index in [1.165, 1.54) is 11.3 Å². The van der Waals surface area contributed by atoms with Crippen molar-refractivity contribution in [2.45, 2.75) is 12.2 Å². The van der Waals surface area contributed by atoms with Crippen LogP contribution in [0.4, 0.5) is 0 Å². The minimum atomic E-state index is -0.940. The number of nitrogens with two attached hydrogens (primary N) is 1. The number of carbonyl (C=O) groups is 1. The summed E-state index contributed by atoms with van der Waals surface area (Å²) in [5.41, 5.74) is 5.99. The summed E-state index contributed by atoms with van der Waals surface area (Å²) < 4.78 is 11.2. The second kappa shape index (κ2) is 7.31. The molecule has 0 aliphatic rings. The summed E-state index contributed by atoms with van der Waals surface area (Å²) in [6.45, 7) is 2.49. The van der Waals surface area contributed by atoms with Gasteiger partial charge >= 0.3 is 0 Å². The maximum Gasteiger partial charge on any atom is 0.262 e. The van der Waals surface area contributed by atoms with Crippen LogP contribution in [-0.2, 0) is 10.8 Å². The van der Waals surface area contributed by atoms with E-state index in [-0.39, 0.29) is 17.7 Å². The van der Waals surface area contributed by atoms with Crippen LogP contribution in [0.3, 0.4) is 0 Å². The van der Waals surface area contributed by atoms with Crippen LogP contribution >= 0.6 is 11.3 Å². The largest absolute Gasteiger partial charge is 0.350 e. The van der Waals surface area contributed by atoms with Crippen molar-refractivity contribution < 1.29 is 9.00 Å². The molecule has 1 aromatic rings. The summed E-state index contributed by atoms with van der Waals surface area (Å²) in [7, 11) is -0.940. The third kappa shape index (κ3) is 4.26. The molecule has 2 atom stereocenters. The summed E-state index contributed by atoms with van der Waals surface area (Å²) in [6, 6.07) is 1.80. The summed E-state index contributed by atoms with van der Waals surface area (Å²) in [5.74, 6) is 5.41. The van der Waals surface area contributed by atoms with Gasteiger partial charge in [-0.05, 0) is 18.4 Å². The molecule has 0 saturated heterocycles. The maximum absolute atomic E-state index is 11.9. The highest BCUT2D eigenvalue weighted by Crippen LogP contribution is 2.15. The van der Waals surface area contributed by atoms with E-state index in [1.54, 1.807) is 12.3 Å². The molecule has 4 nitrogen and oxygen atoms in total. The van der Waals surface area contributed by atoms with Crippen LogP contribution in [0.2, 0.25) is 0 Å². The molecule has 0 radical (unpaired) electrons. The normalized spacial score (nSPS) is 13.3. The van der Waals surface area contributed by atoms with Crippen LogP contribution in [0.1, 0.15) is 22.2 Å². The van der Waals surface area contributed by atoms with Crippen LogP contribution in [-0.4, -0.2) is 34.7 Å². The highest BCUT2D eigenvalue weighted by Gasteiger charge is 2.13. The lowest BCUT2D eigenvalue weighted by Gasteiger charge is -2.09. The molecule has 1 rings (SSSR count). The van der Waals surface area contributed by atoms with Gasteiger partial charge in [0.2, 0.25) is 0 Å². The molecule has 0 aliphatic carbocycles. The molecule has 1 heterocycles. The van der Waals surface area contributed by atoms with Gasteiger partial charge < -0.3 is 11.1 Å². The average Bonchev–Trinajstić information content (AvgIpc) is 2.81. The average molecular weight is 284 g/mol. The topological polar surface area (TPSA) is 72.2 Å². The Balaban J connectivity index is 2.67. The van der Waals surface area contributed by atoms with E-state index >= 15 is 0 Å². The second-order valence-corrected chi connectivity index (χ2v) is 6.41. The monoisotopic (exact) mass is 284 g/mol. The fourth-order valence-corrected chi connectivity index (χ4v) is 2.25. The standard InChI is InChI=1S/C12H16N2O2S2/c1-9(18(2)16)8-14-12(15)11-10(4-3-6-13)5-7-17-11/h5,7,9H,6,8,13H2,1-2H3,(H,14,15). The van der Waals surface area contributed by atoms with Gasteiger partial charge in [0.15, 0.2) is 0 Å². The summed E-state index contributed by atoms with van der Waals surface area (Å²) in [4.78, 5) is 12.5. The van der Waals surface area contributed by atoms with Crippen molar-refractivity contribution in [3.63, 3.8) is 0 Å². The molecule has 0 aliphatic heterocycles. The van der Waals surface area contributed by atoms with Gasteiger partial charge in [0.05, 0.1) is 6.54 Å². The van der Waals surface area contributed by atoms with E-state index in [9.17, 15) is 9.00 Å². The predicted octanol–water partition coefficient (Wildman–Crippen LogP) is 0.555. The zero-order valence-electron chi connectivity index (χ0n) is 10.4. The number of carbonyl (C=O) groups excluding carboxylic acids is 1. The van der Waals surface area contributed by atoms with Gasteiger partial charge in [-0.25, -0.2) is 0 Å². The quantitative estimate of drug-likeness (QED) is 0.793. The summed E-state index contributed by atoms with van der Waals surface area (Å²) >= 11 is 1.34. The Morgan fingerprint density at radius 1 is 1.67 bits per heavy atom. The van der Waals surface area contributed by atoms with Crippen molar-refractivity contribution in [1.82, 2.24) is 5.32 Å². The van der Waals surface area contributed by atoms with Gasteiger partial charge in [-0.1, -0.05) is 11.8 Å². The smallest absolute Gasteiger partial charge is 0.262 e. The third-order valence-electron chi connectivity index (χ3n) is 2.31. The number of hydrogen-bond acceptors (Lipinski definition) is 4. The Bertz CT molecular complexity index is 500. The molecule has 1 amide bonds. The maximum atomic E-state index is 11.9. The molecule has 0 saturated carbocycles. The van der Waals surface area contributed by atoms with E-state index in [2.05, 4.69) is 17.2 Å². The first kappa shape index (κ1) is 14.9. The van der Waals surface area contributed by atoms with Crippen LogP contribution in [0.25, 0.3) is 0 Å². The van der Waals surface area contributed by atoms with Crippen molar-refractivity contribution >= 4 is 28.0 Å². The van der Waals surface area contributed by atoms with Gasteiger partial charge in [-0.3, -0.25) is 9.00 Å². The van der Waals surface area contributed by atoms with E-state index in [0.717, 1.165) is 0 Å². The Morgan fingerprint density at radius 3 is 3.00 bits per heavy atom. The van der Waals surface area contributed by atoms with E-state index < -0.39 is 10.8 Å². The molecular formula is C12H16N2O2S2. The first-order chi connectivity index (χ1) is 8.56. The molecule has 2 unspecified atom stereocenters. The second-order valence-electron chi connectivity index (χ2n) is 3.69. The molecule has 18 heavy (non-hydrogen) atoms. The minimum Gasteiger partial charge on any atom is -0.350 e. The minimum absolute atomic E-state index is 0.0625. The predicted molar refractivity (Wildman–Crippen MR) is 76.1 cm³/mol. The molecule has 0 spiro atoms. The van der Waals surface area contributed by atoms with Gasteiger partial charge in [-0.2, -0.15) is 0 Å². The molecule has 0 aromatic carbocycles. The van der Waals surface area contributed by atoms with Crippen molar-refractivity contribution in [2.24, 2.45) is 5.73 Å². The van der Waals surface area contributed by atoms with E-state index in [0.29, 0.717) is 17.0 Å². The Hall–Kier alpha value is -1.16. The molecule has 98 valence electrons. The van der Waals surface area contributed by atoms with Crippen LogP contribution in [0.5, 0.6) is 0 Å². The fraction of sp³-hybridized carbons (Fsp3) is 0.417. The molecule has 6 heteroatoms. The zero-order valence-corrected chi connectivity index (χ0v) is 12.0. The van der Waals surface area contributed by atoms with Crippen molar-refractivity contribution in [3.05, 3.63) is 21.9 Å². The van der Waals surface area contributed by atoms with Gasteiger partial charge in [0.25, 0.3) is 5.91 Å². The first-order valence-corrected chi connectivity index (χ1v) is 7.93. The number of hydrogen-bond donors (Lipinski definition) is 2. The van der Waals surface area contributed by atoms with Gasteiger partial charge in [-0.15, -0.1) is 11.3 Å². The molecular weight excluding hydrogens is 268 g/mol. The van der Waals surface area contributed by atoms with Crippen molar-refractivity contribution in [3.8, 4) is 11.8 Å². The fourth-order valence-electron chi connectivity index (χ4n) is 1.16. The highest BCUT2D eigenvalue weighted by molar-refractivity contribution is 7.84. The Morgan fingerprint density at radius 2 is 2.39 bits per heavy atom. The van der Waals surface area contributed by atoms with Gasteiger partial charge in [0, 0.05) is 34.4 Å². The lowest BCUT2D eigenvalue weighted by Crippen LogP contribution is -2.32. The van der Waals surface area contributed by atoms with Crippen molar-refractivity contribution in [1.29, 1.82) is 0 Å². The van der Waals surface area contributed by atoms with Crippen molar-refractivity contribution in [2.75, 3.05) is 19.3 Å². The number of nitrogens with one attached hydrogen (secondary N) is 1. The summed E-state index contributed by atoms with van der Waals surface area (Å²) in [5, 5.41) is 4.52. The number of amides is 1.